The molecule has 0 aliphatic heterocycles. The smallest absolute Gasteiger partial charge is 0.143 e. The van der Waals surface area contributed by atoms with Gasteiger partial charge in [0.2, 0.25) is 0 Å². The third kappa shape index (κ3) is 3.55. The molecule has 0 fully saturated rings. The van der Waals surface area contributed by atoms with Gasteiger partial charge in [-0.3, -0.25) is 0 Å². The number of hydrogen-bond donors (Lipinski definition) is 1. The van der Waals surface area contributed by atoms with E-state index in [2.05, 4.69) is 68.0 Å². The fraction of sp³-hybridized carbons (Fsp3) is 0.214. The van der Waals surface area contributed by atoms with Crippen molar-refractivity contribution in [2.24, 2.45) is 0 Å². The molecule has 0 aliphatic rings. The molecule has 21 heavy (non-hydrogen) atoms. The van der Waals surface area contributed by atoms with E-state index in [-0.39, 0.29) is 6.04 Å². The number of aromatic nitrogens is 4. The van der Waals surface area contributed by atoms with Gasteiger partial charge in [-0.25, -0.2) is 4.68 Å². The third-order valence-corrected chi connectivity index (χ3v) is 4.82. The summed E-state index contributed by atoms with van der Waals surface area (Å²) in [5, 5.41) is 14.8. The molecule has 0 saturated heterocycles. The number of nitrogens with one attached hydrogen (secondary N) is 1. The molecule has 1 atom stereocenters. The van der Waals surface area contributed by atoms with Crippen molar-refractivity contribution in [2.75, 3.05) is 0 Å². The van der Waals surface area contributed by atoms with E-state index in [1.807, 2.05) is 12.1 Å². The molecule has 108 valence electrons. The van der Waals surface area contributed by atoms with E-state index < -0.39 is 0 Å². The molecule has 1 unspecified atom stereocenters. The molecule has 0 saturated carbocycles. The van der Waals surface area contributed by atoms with Gasteiger partial charge in [-0.1, -0.05) is 12.1 Å². The Morgan fingerprint density at radius 2 is 2.24 bits per heavy atom. The van der Waals surface area contributed by atoms with Crippen LogP contribution < -0.4 is 5.32 Å². The Morgan fingerprint density at radius 3 is 2.95 bits per heavy atom. The summed E-state index contributed by atoms with van der Waals surface area (Å²) >= 11 is 5.23. The molecule has 0 amide bonds. The molecular weight excluding hydrogens is 350 g/mol. The summed E-state index contributed by atoms with van der Waals surface area (Å²) in [5.41, 5.74) is 2.17. The van der Waals surface area contributed by atoms with Gasteiger partial charge in [0.05, 0.1) is 9.47 Å². The van der Waals surface area contributed by atoms with E-state index in [1.54, 1.807) is 22.3 Å². The van der Waals surface area contributed by atoms with Gasteiger partial charge in [0.1, 0.15) is 6.33 Å². The van der Waals surface area contributed by atoms with Crippen LogP contribution in [0.25, 0.3) is 5.69 Å². The van der Waals surface area contributed by atoms with Crippen LogP contribution in [0.2, 0.25) is 0 Å². The Bertz CT molecular complexity index is 710. The van der Waals surface area contributed by atoms with Crippen LogP contribution >= 0.6 is 27.3 Å². The summed E-state index contributed by atoms with van der Waals surface area (Å²) in [4.78, 5) is 1.31. The van der Waals surface area contributed by atoms with Crippen molar-refractivity contribution in [1.82, 2.24) is 25.5 Å². The SMILES string of the molecule is CC(NCc1ccc(Br)s1)c1cccc(-n2cnnn2)c1. The second-order valence-electron chi connectivity index (χ2n) is 4.66. The summed E-state index contributed by atoms with van der Waals surface area (Å²) in [6, 6.07) is 12.7. The van der Waals surface area contributed by atoms with Gasteiger partial charge < -0.3 is 5.32 Å². The van der Waals surface area contributed by atoms with E-state index >= 15 is 0 Å². The topological polar surface area (TPSA) is 55.6 Å². The summed E-state index contributed by atoms with van der Waals surface area (Å²) in [6.45, 7) is 3.01. The first-order valence-corrected chi connectivity index (χ1v) is 8.14. The molecule has 0 aliphatic carbocycles. The average Bonchev–Trinajstić information content (AvgIpc) is 3.16. The molecule has 0 bridgehead atoms. The first-order valence-electron chi connectivity index (χ1n) is 6.53. The maximum atomic E-state index is 3.91. The predicted molar refractivity (Wildman–Crippen MR) is 86.4 cm³/mol. The Balaban J connectivity index is 1.69. The largest absolute Gasteiger partial charge is 0.305 e. The van der Waals surface area contributed by atoms with E-state index in [4.69, 9.17) is 0 Å². The van der Waals surface area contributed by atoms with Crippen LogP contribution in [0.1, 0.15) is 23.4 Å². The summed E-state index contributed by atoms with van der Waals surface area (Å²) in [6.07, 6.45) is 1.60. The number of tetrazole rings is 1. The van der Waals surface area contributed by atoms with Crippen LogP contribution in [0, 0.1) is 0 Å². The Morgan fingerprint density at radius 1 is 1.33 bits per heavy atom. The second kappa shape index (κ2) is 6.46. The zero-order valence-electron chi connectivity index (χ0n) is 11.4. The van der Waals surface area contributed by atoms with Crippen molar-refractivity contribution in [3.8, 4) is 5.69 Å². The zero-order chi connectivity index (χ0) is 14.7. The fourth-order valence-corrected chi connectivity index (χ4v) is 3.47. The van der Waals surface area contributed by atoms with Crippen LogP contribution in [-0.2, 0) is 6.54 Å². The minimum atomic E-state index is 0.252. The van der Waals surface area contributed by atoms with Crippen LogP contribution in [0.3, 0.4) is 0 Å². The quantitative estimate of drug-likeness (QED) is 0.755. The van der Waals surface area contributed by atoms with Gasteiger partial charge in [-0.15, -0.1) is 16.4 Å². The highest BCUT2D eigenvalue weighted by Gasteiger charge is 2.07. The van der Waals surface area contributed by atoms with Crippen LogP contribution in [0.5, 0.6) is 0 Å². The van der Waals surface area contributed by atoms with Crippen molar-refractivity contribution in [1.29, 1.82) is 0 Å². The van der Waals surface area contributed by atoms with E-state index in [0.717, 1.165) is 16.0 Å². The molecule has 3 aromatic rings. The van der Waals surface area contributed by atoms with Gasteiger partial charge >= 0.3 is 0 Å². The highest BCUT2D eigenvalue weighted by atomic mass is 79.9. The Kier molecular flexibility index (Phi) is 4.42. The van der Waals surface area contributed by atoms with Gasteiger partial charge in [0.25, 0.3) is 0 Å². The van der Waals surface area contributed by atoms with Gasteiger partial charge in [0.15, 0.2) is 0 Å². The Labute approximate surface area is 135 Å². The number of hydrogen-bond acceptors (Lipinski definition) is 5. The van der Waals surface area contributed by atoms with Gasteiger partial charge in [0, 0.05) is 17.5 Å². The van der Waals surface area contributed by atoms with Gasteiger partial charge in [-0.05, 0) is 63.1 Å². The lowest BCUT2D eigenvalue weighted by Gasteiger charge is -2.14. The molecule has 1 aromatic carbocycles. The second-order valence-corrected chi connectivity index (χ2v) is 7.21. The van der Waals surface area contributed by atoms with Crippen LogP contribution in [0.15, 0.2) is 46.5 Å². The molecule has 2 heterocycles. The predicted octanol–water partition coefficient (Wildman–Crippen LogP) is 3.34. The zero-order valence-corrected chi connectivity index (χ0v) is 13.8. The maximum Gasteiger partial charge on any atom is 0.143 e. The first-order chi connectivity index (χ1) is 10.2. The molecule has 0 radical (unpaired) electrons. The van der Waals surface area contributed by atoms with Crippen molar-refractivity contribution >= 4 is 27.3 Å². The van der Waals surface area contributed by atoms with E-state index in [9.17, 15) is 0 Å². The monoisotopic (exact) mass is 363 g/mol. The van der Waals surface area contributed by atoms with Crippen molar-refractivity contribution in [2.45, 2.75) is 19.5 Å². The van der Waals surface area contributed by atoms with E-state index in [1.165, 1.54) is 10.4 Å². The lowest BCUT2D eigenvalue weighted by atomic mass is 10.1. The molecule has 7 heteroatoms. The highest BCUT2D eigenvalue weighted by Crippen LogP contribution is 2.23. The molecule has 5 nitrogen and oxygen atoms in total. The van der Waals surface area contributed by atoms with Crippen molar-refractivity contribution in [3.63, 3.8) is 0 Å². The number of benzene rings is 1. The maximum absolute atomic E-state index is 3.91. The van der Waals surface area contributed by atoms with E-state index in [0.29, 0.717) is 0 Å². The third-order valence-electron chi connectivity index (χ3n) is 3.20. The number of rotatable bonds is 5. The summed E-state index contributed by atoms with van der Waals surface area (Å²) in [5.74, 6) is 0. The summed E-state index contributed by atoms with van der Waals surface area (Å²) < 4.78 is 2.82. The van der Waals surface area contributed by atoms with Crippen LogP contribution in [-0.4, -0.2) is 20.2 Å². The lowest BCUT2D eigenvalue weighted by molar-refractivity contribution is 0.578. The Hall–Kier alpha value is -1.57. The molecule has 3 rings (SSSR count). The fourth-order valence-electron chi connectivity index (χ4n) is 2.03. The average molecular weight is 364 g/mol. The van der Waals surface area contributed by atoms with Crippen molar-refractivity contribution < 1.29 is 0 Å². The standard InChI is InChI=1S/C14H14BrN5S/c1-10(16-8-13-5-6-14(15)21-13)11-3-2-4-12(7-11)20-9-17-18-19-20/h2-7,9-10,16H,8H2,1H3. The molecule has 0 spiro atoms. The first kappa shape index (κ1) is 14.4. The number of nitrogens with zero attached hydrogens (tertiary/aromatic N) is 4. The molecule has 2 aromatic heterocycles. The van der Waals surface area contributed by atoms with Gasteiger partial charge in [-0.2, -0.15) is 0 Å². The molecular formula is C14H14BrN5S. The number of halogens is 1. The van der Waals surface area contributed by atoms with Crippen LogP contribution in [0.4, 0.5) is 0 Å². The minimum Gasteiger partial charge on any atom is -0.305 e. The normalized spacial score (nSPS) is 12.5. The number of thiophene rings is 1. The highest BCUT2D eigenvalue weighted by molar-refractivity contribution is 9.11. The minimum absolute atomic E-state index is 0.252. The van der Waals surface area contributed by atoms with Crippen molar-refractivity contribution in [3.05, 3.63) is 57.0 Å². The summed E-state index contributed by atoms with van der Waals surface area (Å²) in [7, 11) is 0. The lowest BCUT2D eigenvalue weighted by Crippen LogP contribution is -2.17. The molecule has 1 N–H and O–H groups in total.